The van der Waals surface area contributed by atoms with Gasteiger partial charge >= 0.3 is 0 Å². The summed E-state index contributed by atoms with van der Waals surface area (Å²) in [4.78, 5) is 8.64. The molecule has 0 amide bonds. The minimum Gasteiger partial charge on any atom is -0.364 e. The Morgan fingerprint density at radius 2 is 2.05 bits per heavy atom. The third-order valence-electron chi connectivity index (χ3n) is 5.15. The van der Waals surface area contributed by atoms with Crippen molar-refractivity contribution in [1.82, 2.24) is 14.8 Å². The Morgan fingerprint density at radius 1 is 1.30 bits per heavy atom. The number of likely N-dealkylation sites (N-methyl/N-ethyl adjacent to an activating group) is 1. The average molecular weight is 276 g/mol. The Bertz CT molecular complexity index is 445. The number of nitrogens with two attached hydrogens (primary N) is 1. The lowest BCUT2D eigenvalue weighted by Crippen LogP contribution is -2.47. The van der Waals surface area contributed by atoms with Crippen LogP contribution in [0.15, 0.2) is 6.20 Å². The fraction of sp³-hybridized carbons (Fsp3) is 0.750. The van der Waals surface area contributed by atoms with Crippen molar-refractivity contribution < 1.29 is 0 Å². The van der Waals surface area contributed by atoms with Crippen molar-refractivity contribution >= 4 is 0 Å². The zero-order valence-corrected chi connectivity index (χ0v) is 12.9. The van der Waals surface area contributed by atoms with E-state index in [1.807, 2.05) is 0 Å². The van der Waals surface area contributed by atoms with Crippen LogP contribution in [-0.2, 0) is 6.42 Å². The van der Waals surface area contributed by atoms with Crippen LogP contribution >= 0.6 is 0 Å². The van der Waals surface area contributed by atoms with Gasteiger partial charge in [-0.3, -0.25) is 4.90 Å². The summed E-state index contributed by atoms with van der Waals surface area (Å²) in [5, 5.41) is 0. The van der Waals surface area contributed by atoms with E-state index in [4.69, 9.17) is 5.73 Å². The standard InChI is InChI=1S/C16H28N4/c1-12-11-18-14-9-13(3-4-17)10-15(16(12)14)20-7-5-19(2)6-8-20/h11,13,15,18H,3-10,17H2,1-2H3. The van der Waals surface area contributed by atoms with Gasteiger partial charge in [0.1, 0.15) is 0 Å². The van der Waals surface area contributed by atoms with Crippen molar-refractivity contribution in [3.8, 4) is 0 Å². The number of hydrogen-bond donors (Lipinski definition) is 2. The van der Waals surface area contributed by atoms with E-state index in [0.29, 0.717) is 6.04 Å². The number of aromatic amines is 1. The summed E-state index contributed by atoms with van der Waals surface area (Å²) < 4.78 is 0. The van der Waals surface area contributed by atoms with Crippen LogP contribution in [0, 0.1) is 12.8 Å². The van der Waals surface area contributed by atoms with Gasteiger partial charge in [0.05, 0.1) is 0 Å². The molecule has 1 aromatic heterocycles. The number of H-pyrrole nitrogens is 1. The molecule has 2 heterocycles. The number of nitrogens with zero attached hydrogens (tertiary/aromatic N) is 2. The zero-order chi connectivity index (χ0) is 14.1. The van der Waals surface area contributed by atoms with Crippen LogP contribution in [0.5, 0.6) is 0 Å². The highest BCUT2D eigenvalue weighted by atomic mass is 15.3. The summed E-state index contributed by atoms with van der Waals surface area (Å²) in [5.74, 6) is 0.746. The highest BCUT2D eigenvalue weighted by molar-refractivity contribution is 5.35. The third-order valence-corrected chi connectivity index (χ3v) is 5.15. The molecule has 4 heteroatoms. The lowest BCUT2D eigenvalue weighted by molar-refractivity contribution is 0.0907. The van der Waals surface area contributed by atoms with Gasteiger partial charge in [-0.25, -0.2) is 0 Å². The molecule has 0 radical (unpaired) electrons. The Kier molecular flexibility index (Phi) is 4.15. The van der Waals surface area contributed by atoms with Gasteiger partial charge in [-0.1, -0.05) is 0 Å². The molecule has 1 aliphatic heterocycles. The van der Waals surface area contributed by atoms with Gasteiger partial charge in [0.2, 0.25) is 0 Å². The largest absolute Gasteiger partial charge is 0.364 e. The molecular formula is C16H28N4. The summed E-state index contributed by atoms with van der Waals surface area (Å²) in [6, 6.07) is 0.607. The molecule has 3 N–H and O–H groups in total. The van der Waals surface area contributed by atoms with E-state index in [0.717, 1.165) is 18.9 Å². The lowest BCUT2D eigenvalue weighted by atomic mass is 9.80. The van der Waals surface area contributed by atoms with Crippen molar-refractivity contribution in [2.24, 2.45) is 11.7 Å². The minimum atomic E-state index is 0.607. The molecule has 112 valence electrons. The maximum absolute atomic E-state index is 5.80. The molecule has 2 unspecified atom stereocenters. The number of hydrogen-bond acceptors (Lipinski definition) is 3. The molecule has 0 aromatic carbocycles. The topological polar surface area (TPSA) is 48.3 Å². The molecule has 0 saturated carbocycles. The van der Waals surface area contributed by atoms with E-state index in [1.165, 1.54) is 50.3 Å². The number of fused-ring (bicyclic) bond motifs is 1. The fourth-order valence-corrected chi connectivity index (χ4v) is 3.95. The second-order valence-corrected chi connectivity index (χ2v) is 6.60. The molecule has 1 fully saturated rings. The van der Waals surface area contributed by atoms with Gasteiger partial charge in [-0.05, 0) is 56.8 Å². The van der Waals surface area contributed by atoms with Crippen LogP contribution in [0.4, 0.5) is 0 Å². The summed E-state index contributed by atoms with van der Waals surface area (Å²) in [5.41, 5.74) is 10.3. The molecule has 3 rings (SSSR count). The van der Waals surface area contributed by atoms with Crippen molar-refractivity contribution in [2.45, 2.75) is 32.2 Å². The number of nitrogens with one attached hydrogen (secondary N) is 1. The number of piperazine rings is 1. The second kappa shape index (κ2) is 5.88. The summed E-state index contributed by atoms with van der Waals surface area (Å²) in [6.45, 7) is 7.84. The van der Waals surface area contributed by atoms with Crippen LogP contribution in [0.1, 0.15) is 35.7 Å². The van der Waals surface area contributed by atoms with E-state index in [2.05, 4.69) is 35.0 Å². The predicted molar refractivity (Wildman–Crippen MR) is 82.8 cm³/mol. The van der Waals surface area contributed by atoms with Crippen LogP contribution < -0.4 is 5.73 Å². The van der Waals surface area contributed by atoms with Gasteiger partial charge in [-0.15, -0.1) is 0 Å². The molecule has 1 aliphatic carbocycles. The summed E-state index contributed by atoms with van der Waals surface area (Å²) in [6.07, 6.45) is 5.82. The van der Waals surface area contributed by atoms with Crippen molar-refractivity contribution in [3.05, 3.63) is 23.0 Å². The summed E-state index contributed by atoms with van der Waals surface area (Å²) >= 11 is 0. The monoisotopic (exact) mass is 276 g/mol. The molecular weight excluding hydrogens is 248 g/mol. The van der Waals surface area contributed by atoms with Gasteiger partial charge < -0.3 is 15.6 Å². The smallest absolute Gasteiger partial charge is 0.0372 e. The first-order valence-corrected chi connectivity index (χ1v) is 7.98. The van der Waals surface area contributed by atoms with Crippen LogP contribution in [0.3, 0.4) is 0 Å². The SMILES string of the molecule is Cc1c[nH]c2c1C(N1CCN(C)CC1)CC(CCN)C2. The normalized spacial score (nSPS) is 28.6. The first-order chi connectivity index (χ1) is 9.69. The maximum atomic E-state index is 5.80. The first kappa shape index (κ1) is 14.1. The molecule has 2 aliphatic rings. The quantitative estimate of drug-likeness (QED) is 0.880. The van der Waals surface area contributed by atoms with E-state index in [-0.39, 0.29) is 0 Å². The molecule has 0 spiro atoms. The highest BCUT2D eigenvalue weighted by Crippen LogP contribution is 2.40. The molecule has 4 nitrogen and oxygen atoms in total. The molecule has 0 bridgehead atoms. The average Bonchev–Trinajstić information content (AvgIpc) is 2.81. The van der Waals surface area contributed by atoms with Crippen LogP contribution in [0.25, 0.3) is 0 Å². The molecule has 20 heavy (non-hydrogen) atoms. The van der Waals surface area contributed by atoms with Crippen molar-refractivity contribution in [3.63, 3.8) is 0 Å². The summed E-state index contributed by atoms with van der Waals surface area (Å²) in [7, 11) is 2.22. The van der Waals surface area contributed by atoms with E-state index >= 15 is 0 Å². The number of rotatable bonds is 3. The zero-order valence-electron chi connectivity index (χ0n) is 12.9. The maximum Gasteiger partial charge on any atom is 0.0372 e. The fourth-order valence-electron chi connectivity index (χ4n) is 3.95. The second-order valence-electron chi connectivity index (χ2n) is 6.60. The molecule has 1 aromatic rings. The van der Waals surface area contributed by atoms with Gasteiger partial charge in [-0.2, -0.15) is 0 Å². The van der Waals surface area contributed by atoms with Crippen molar-refractivity contribution in [2.75, 3.05) is 39.8 Å². The van der Waals surface area contributed by atoms with E-state index in [1.54, 1.807) is 5.56 Å². The highest BCUT2D eigenvalue weighted by Gasteiger charge is 2.33. The Morgan fingerprint density at radius 3 is 2.75 bits per heavy atom. The number of aromatic nitrogens is 1. The Balaban J connectivity index is 1.82. The van der Waals surface area contributed by atoms with E-state index < -0.39 is 0 Å². The van der Waals surface area contributed by atoms with Crippen LogP contribution in [0.2, 0.25) is 0 Å². The Hall–Kier alpha value is -0.840. The molecule has 1 saturated heterocycles. The van der Waals surface area contributed by atoms with Crippen molar-refractivity contribution in [1.29, 1.82) is 0 Å². The lowest BCUT2D eigenvalue weighted by Gasteiger charge is -2.42. The van der Waals surface area contributed by atoms with Crippen LogP contribution in [-0.4, -0.2) is 54.6 Å². The predicted octanol–water partition coefficient (Wildman–Crippen LogP) is 1.52. The Labute approximate surface area is 122 Å². The third kappa shape index (κ3) is 2.65. The van der Waals surface area contributed by atoms with E-state index in [9.17, 15) is 0 Å². The first-order valence-electron chi connectivity index (χ1n) is 7.98. The molecule has 2 atom stereocenters. The number of aryl methyl sites for hydroxylation is 1. The van der Waals surface area contributed by atoms with Gasteiger partial charge in [0.15, 0.2) is 0 Å². The minimum absolute atomic E-state index is 0.607. The van der Waals surface area contributed by atoms with Gasteiger partial charge in [0, 0.05) is 44.1 Å². The van der Waals surface area contributed by atoms with Gasteiger partial charge in [0.25, 0.3) is 0 Å².